The number of hydrogen-bond donors (Lipinski definition) is 0. The van der Waals surface area contributed by atoms with Crippen LogP contribution in [0.2, 0.25) is 0 Å². The summed E-state index contributed by atoms with van der Waals surface area (Å²) in [5.41, 5.74) is 2.91. The van der Waals surface area contributed by atoms with Crippen LogP contribution in [0.1, 0.15) is 39.5 Å². The first kappa shape index (κ1) is 24.8. The van der Waals surface area contributed by atoms with Crippen LogP contribution in [-0.4, -0.2) is 22.1 Å². The van der Waals surface area contributed by atoms with Gasteiger partial charge >= 0.3 is 12.1 Å². The molecule has 0 aliphatic heterocycles. The zero-order valence-electron chi connectivity index (χ0n) is 19.0. The Balaban J connectivity index is 1.68. The lowest BCUT2D eigenvalue weighted by molar-refractivity contribution is -0.137. The van der Waals surface area contributed by atoms with Crippen LogP contribution in [-0.2, 0) is 23.2 Å². The molecule has 0 unspecified atom stereocenters. The highest BCUT2D eigenvalue weighted by Gasteiger charge is 2.30. The number of halogens is 4. The number of ether oxygens (including phenoxy) is 1. The average molecular weight is 503 g/mol. The first-order valence-electron chi connectivity index (χ1n) is 10.9. The second-order valence-electron chi connectivity index (χ2n) is 7.97. The summed E-state index contributed by atoms with van der Waals surface area (Å²) in [6.07, 6.45) is -4.41. The Morgan fingerprint density at radius 3 is 2.40 bits per heavy atom. The molecule has 0 fully saturated rings. The molecule has 0 N–H and O–H groups in total. The first-order chi connectivity index (χ1) is 16.7. The molecule has 4 nitrogen and oxygen atoms in total. The fourth-order valence-corrected chi connectivity index (χ4v) is 4.52. The summed E-state index contributed by atoms with van der Waals surface area (Å²) in [4.78, 5) is 16.8. The van der Waals surface area contributed by atoms with Crippen molar-refractivity contribution in [3.8, 4) is 0 Å². The highest BCUT2D eigenvalue weighted by atomic mass is 32.2. The third-order valence-electron chi connectivity index (χ3n) is 5.45. The molecule has 4 rings (SSSR count). The fourth-order valence-electron chi connectivity index (χ4n) is 3.57. The number of nitrogens with zero attached hydrogens (tertiary/aromatic N) is 2. The maximum absolute atomic E-state index is 14.0. The number of aromatic nitrogens is 2. The quantitative estimate of drug-likeness (QED) is 0.155. The average Bonchev–Trinajstić information content (AvgIpc) is 3.16. The lowest BCUT2D eigenvalue weighted by Crippen LogP contribution is -2.06. The standard InChI is InChI=1S/C26H22F4N2O2S/c1-3-34-24(33)19-8-11-23-22(13-19)31-25(35-15-18-5-4-16(2)21(27)12-18)32(23)14-17-6-9-20(10-7-17)26(28,29)30/h4-13H,3,14-15H2,1-2H3. The van der Waals surface area contributed by atoms with E-state index in [0.717, 1.165) is 23.2 Å². The van der Waals surface area contributed by atoms with Crippen molar-refractivity contribution in [1.82, 2.24) is 9.55 Å². The van der Waals surface area contributed by atoms with E-state index in [1.165, 1.54) is 30.0 Å². The number of alkyl halides is 3. The number of carbonyl (C=O) groups excluding carboxylic acids is 1. The lowest BCUT2D eigenvalue weighted by atomic mass is 10.1. The van der Waals surface area contributed by atoms with Crippen LogP contribution in [0.15, 0.2) is 65.8 Å². The number of aryl methyl sites for hydroxylation is 1. The minimum atomic E-state index is -4.41. The zero-order chi connectivity index (χ0) is 25.2. The van der Waals surface area contributed by atoms with Crippen molar-refractivity contribution in [2.75, 3.05) is 6.61 Å². The van der Waals surface area contributed by atoms with E-state index >= 15 is 0 Å². The van der Waals surface area contributed by atoms with Gasteiger partial charge in [0.05, 0.1) is 35.3 Å². The number of fused-ring (bicyclic) bond motifs is 1. The van der Waals surface area contributed by atoms with E-state index in [4.69, 9.17) is 4.74 Å². The number of carbonyl (C=O) groups is 1. The predicted octanol–water partition coefficient (Wildman–Crippen LogP) is 7.02. The van der Waals surface area contributed by atoms with Crippen molar-refractivity contribution in [2.45, 2.75) is 37.5 Å². The Labute approximate surface area is 203 Å². The molecule has 0 bridgehead atoms. The fraction of sp³-hybridized carbons (Fsp3) is 0.231. The molecule has 0 amide bonds. The summed E-state index contributed by atoms with van der Waals surface area (Å²) in [7, 11) is 0. The van der Waals surface area contributed by atoms with Crippen LogP contribution >= 0.6 is 11.8 Å². The number of thioether (sulfide) groups is 1. The molecule has 0 aliphatic rings. The molecule has 0 spiro atoms. The van der Waals surface area contributed by atoms with Gasteiger partial charge in [0.25, 0.3) is 0 Å². The van der Waals surface area contributed by atoms with Gasteiger partial charge in [-0.15, -0.1) is 0 Å². The van der Waals surface area contributed by atoms with Gasteiger partial charge in [-0.05, 0) is 66.9 Å². The lowest BCUT2D eigenvalue weighted by Gasteiger charge is -2.11. The van der Waals surface area contributed by atoms with Gasteiger partial charge < -0.3 is 9.30 Å². The molecule has 182 valence electrons. The molecule has 0 saturated heterocycles. The van der Waals surface area contributed by atoms with Gasteiger partial charge in [0.1, 0.15) is 5.82 Å². The van der Waals surface area contributed by atoms with Crippen LogP contribution < -0.4 is 0 Å². The largest absolute Gasteiger partial charge is 0.462 e. The Morgan fingerprint density at radius 2 is 1.74 bits per heavy atom. The van der Waals surface area contributed by atoms with Crippen LogP contribution in [0.4, 0.5) is 17.6 Å². The van der Waals surface area contributed by atoms with Crippen molar-refractivity contribution in [1.29, 1.82) is 0 Å². The van der Waals surface area contributed by atoms with Crippen molar-refractivity contribution < 1.29 is 27.1 Å². The van der Waals surface area contributed by atoms with Gasteiger partial charge in [0, 0.05) is 5.75 Å². The summed E-state index contributed by atoms with van der Waals surface area (Å²) in [5, 5.41) is 0.599. The van der Waals surface area contributed by atoms with Crippen LogP contribution in [0.5, 0.6) is 0 Å². The molecule has 0 aliphatic carbocycles. The van der Waals surface area contributed by atoms with Crippen LogP contribution in [0.3, 0.4) is 0 Å². The Hall–Kier alpha value is -3.33. The maximum Gasteiger partial charge on any atom is 0.416 e. The van der Waals surface area contributed by atoms with E-state index in [2.05, 4.69) is 4.98 Å². The molecular weight excluding hydrogens is 480 g/mol. The van der Waals surface area contributed by atoms with Gasteiger partial charge in [-0.25, -0.2) is 14.2 Å². The Morgan fingerprint density at radius 1 is 1.03 bits per heavy atom. The minimum Gasteiger partial charge on any atom is -0.462 e. The summed E-state index contributed by atoms with van der Waals surface area (Å²) in [6.45, 7) is 3.93. The maximum atomic E-state index is 14.0. The second-order valence-corrected chi connectivity index (χ2v) is 8.91. The van der Waals surface area contributed by atoms with E-state index in [9.17, 15) is 22.4 Å². The summed E-state index contributed by atoms with van der Waals surface area (Å²) in [5.74, 6) is -0.311. The minimum absolute atomic E-state index is 0.243. The molecule has 4 aromatic rings. The molecule has 35 heavy (non-hydrogen) atoms. The molecule has 0 saturated carbocycles. The zero-order valence-corrected chi connectivity index (χ0v) is 19.8. The highest BCUT2D eigenvalue weighted by molar-refractivity contribution is 7.98. The number of imidazole rings is 1. The van der Waals surface area contributed by atoms with Crippen molar-refractivity contribution in [2.24, 2.45) is 0 Å². The molecule has 0 atom stereocenters. The van der Waals surface area contributed by atoms with E-state index in [1.807, 2.05) is 10.6 Å². The number of rotatable bonds is 7. The molecule has 3 aromatic carbocycles. The molecule has 1 heterocycles. The van der Waals surface area contributed by atoms with E-state index in [-0.39, 0.29) is 19.0 Å². The first-order valence-corrected chi connectivity index (χ1v) is 11.9. The monoisotopic (exact) mass is 502 g/mol. The van der Waals surface area contributed by atoms with E-state index < -0.39 is 17.7 Å². The van der Waals surface area contributed by atoms with Gasteiger partial charge in [-0.1, -0.05) is 36.0 Å². The normalized spacial score (nSPS) is 11.7. The molecule has 1 aromatic heterocycles. The topological polar surface area (TPSA) is 44.1 Å². The summed E-state index contributed by atoms with van der Waals surface area (Å²) >= 11 is 1.38. The van der Waals surface area contributed by atoms with Crippen molar-refractivity contribution in [3.05, 3.63) is 94.3 Å². The number of hydrogen-bond acceptors (Lipinski definition) is 4. The van der Waals surface area contributed by atoms with Crippen molar-refractivity contribution >= 4 is 28.8 Å². The van der Waals surface area contributed by atoms with Crippen molar-refractivity contribution in [3.63, 3.8) is 0 Å². The van der Waals surface area contributed by atoms with Gasteiger partial charge in [0.15, 0.2) is 5.16 Å². The molecule has 9 heteroatoms. The smallest absolute Gasteiger partial charge is 0.416 e. The van der Waals surface area contributed by atoms with Crippen LogP contribution in [0, 0.1) is 12.7 Å². The third-order valence-corrected chi connectivity index (χ3v) is 6.50. The molecule has 0 radical (unpaired) electrons. The van der Waals surface area contributed by atoms with E-state index in [0.29, 0.717) is 33.1 Å². The second kappa shape index (κ2) is 10.1. The predicted molar refractivity (Wildman–Crippen MR) is 127 cm³/mol. The third kappa shape index (κ3) is 5.67. The SMILES string of the molecule is CCOC(=O)c1ccc2c(c1)nc(SCc1ccc(C)c(F)c1)n2Cc1ccc(C(F)(F)F)cc1. The Bertz CT molecular complexity index is 1360. The van der Waals surface area contributed by atoms with Crippen LogP contribution in [0.25, 0.3) is 11.0 Å². The number of benzene rings is 3. The van der Waals surface area contributed by atoms with E-state index in [1.54, 1.807) is 38.1 Å². The summed E-state index contributed by atoms with van der Waals surface area (Å²) < 4.78 is 59.8. The van der Waals surface area contributed by atoms with Gasteiger partial charge in [-0.2, -0.15) is 13.2 Å². The Kier molecular flexibility index (Phi) is 7.16. The van der Waals surface area contributed by atoms with Gasteiger partial charge in [-0.3, -0.25) is 0 Å². The highest BCUT2D eigenvalue weighted by Crippen LogP contribution is 2.31. The number of esters is 1. The summed E-state index contributed by atoms with van der Waals surface area (Å²) in [6, 6.07) is 15.0. The van der Waals surface area contributed by atoms with Gasteiger partial charge in [0.2, 0.25) is 0 Å². The molecular formula is C26H22F4N2O2S.